The molecule has 0 saturated carbocycles. The maximum absolute atomic E-state index is 11.7. The molecule has 0 amide bonds. The number of rotatable bonds is 3. The standard InChI is InChI=1S/C15H20N4O3/c1-3-10-8-16-12-11(10)13(18-9-17-12)19-6-4-15(21,5-7-19)14(20)22-2/h8-9,21H,3-7H2,1-2H3,(H,16,17,18). The fourth-order valence-corrected chi connectivity index (χ4v) is 3.01. The predicted molar refractivity (Wildman–Crippen MR) is 81.7 cm³/mol. The lowest BCUT2D eigenvalue weighted by Gasteiger charge is -2.36. The molecule has 7 nitrogen and oxygen atoms in total. The summed E-state index contributed by atoms with van der Waals surface area (Å²) in [7, 11) is 1.30. The zero-order valence-electron chi connectivity index (χ0n) is 12.8. The number of aromatic nitrogens is 3. The molecule has 0 atom stereocenters. The van der Waals surface area contributed by atoms with Gasteiger partial charge in [0.1, 0.15) is 17.8 Å². The summed E-state index contributed by atoms with van der Waals surface area (Å²) in [6.45, 7) is 3.18. The molecule has 0 aliphatic carbocycles. The maximum atomic E-state index is 11.7. The van der Waals surface area contributed by atoms with Gasteiger partial charge < -0.3 is 19.7 Å². The molecular weight excluding hydrogens is 284 g/mol. The van der Waals surface area contributed by atoms with E-state index in [1.807, 2.05) is 6.20 Å². The Kier molecular flexibility index (Phi) is 3.74. The first-order valence-corrected chi connectivity index (χ1v) is 7.45. The van der Waals surface area contributed by atoms with Gasteiger partial charge in [-0.25, -0.2) is 14.8 Å². The van der Waals surface area contributed by atoms with E-state index in [1.165, 1.54) is 19.0 Å². The third kappa shape index (κ3) is 2.31. The number of aromatic amines is 1. The van der Waals surface area contributed by atoms with Crippen LogP contribution in [0.15, 0.2) is 12.5 Å². The van der Waals surface area contributed by atoms with Crippen molar-refractivity contribution in [2.75, 3.05) is 25.1 Å². The van der Waals surface area contributed by atoms with E-state index in [4.69, 9.17) is 0 Å². The molecule has 3 rings (SSSR count). The van der Waals surface area contributed by atoms with Crippen LogP contribution in [0.4, 0.5) is 5.82 Å². The van der Waals surface area contributed by atoms with Crippen molar-refractivity contribution in [2.24, 2.45) is 0 Å². The summed E-state index contributed by atoms with van der Waals surface area (Å²) in [6.07, 6.45) is 5.04. The van der Waals surface area contributed by atoms with Crippen LogP contribution in [0.25, 0.3) is 11.0 Å². The van der Waals surface area contributed by atoms with E-state index in [0.29, 0.717) is 25.9 Å². The second-order valence-electron chi connectivity index (χ2n) is 5.60. The lowest BCUT2D eigenvalue weighted by molar-refractivity contribution is -0.164. The van der Waals surface area contributed by atoms with Gasteiger partial charge in [-0.1, -0.05) is 6.92 Å². The lowest BCUT2D eigenvalue weighted by atomic mass is 9.91. The topological polar surface area (TPSA) is 91.3 Å². The second kappa shape index (κ2) is 5.57. The average Bonchev–Trinajstić information content (AvgIpc) is 2.98. The Hall–Kier alpha value is -2.15. The molecule has 22 heavy (non-hydrogen) atoms. The van der Waals surface area contributed by atoms with Crippen molar-refractivity contribution < 1.29 is 14.6 Å². The molecule has 1 aliphatic rings. The van der Waals surface area contributed by atoms with Crippen molar-refractivity contribution in [2.45, 2.75) is 31.8 Å². The van der Waals surface area contributed by atoms with Crippen LogP contribution in [0.3, 0.4) is 0 Å². The zero-order chi connectivity index (χ0) is 15.7. The van der Waals surface area contributed by atoms with Crippen LogP contribution in [-0.2, 0) is 16.0 Å². The summed E-state index contributed by atoms with van der Waals surface area (Å²) in [5.74, 6) is 0.297. The van der Waals surface area contributed by atoms with Crippen molar-refractivity contribution in [3.63, 3.8) is 0 Å². The Balaban J connectivity index is 1.88. The smallest absolute Gasteiger partial charge is 0.337 e. The maximum Gasteiger partial charge on any atom is 0.337 e. The molecule has 118 valence electrons. The number of fused-ring (bicyclic) bond motifs is 1. The van der Waals surface area contributed by atoms with Gasteiger partial charge in [0.15, 0.2) is 5.60 Å². The van der Waals surface area contributed by atoms with Crippen LogP contribution in [0.5, 0.6) is 0 Å². The molecule has 1 fully saturated rings. The number of carbonyl (C=O) groups excluding carboxylic acids is 1. The Bertz CT molecular complexity index is 689. The van der Waals surface area contributed by atoms with Crippen molar-refractivity contribution in [3.8, 4) is 0 Å². The largest absolute Gasteiger partial charge is 0.467 e. The van der Waals surface area contributed by atoms with E-state index in [0.717, 1.165) is 23.3 Å². The Morgan fingerprint density at radius 3 is 2.82 bits per heavy atom. The summed E-state index contributed by atoms with van der Waals surface area (Å²) in [6, 6.07) is 0. The number of hydrogen-bond donors (Lipinski definition) is 2. The fourth-order valence-electron chi connectivity index (χ4n) is 3.01. The first-order chi connectivity index (χ1) is 10.6. The number of esters is 1. The van der Waals surface area contributed by atoms with E-state index in [1.54, 1.807) is 0 Å². The summed E-state index contributed by atoms with van der Waals surface area (Å²) < 4.78 is 4.69. The summed E-state index contributed by atoms with van der Waals surface area (Å²) in [4.78, 5) is 25.6. The molecule has 0 bridgehead atoms. The molecule has 7 heteroatoms. The Morgan fingerprint density at radius 1 is 1.45 bits per heavy atom. The SMILES string of the molecule is CCc1c[nH]c2ncnc(N3CCC(O)(C(=O)OC)CC3)c12. The highest BCUT2D eigenvalue weighted by Crippen LogP contribution is 2.31. The molecule has 3 heterocycles. The molecule has 2 N–H and O–H groups in total. The number of nitrogens with zero attached hydrogens (tertiary/aromatic N) is 3. The highest BCUT2D eigenvalue weighted by Gasteiger charge is 2.41. The lowest BCUT2D eigenvalue weighted by Crippen LogP contribution is -2.50. The van der Waals surface area contributed by atoms with Gasteiger partial charge in [0, 0.05) is 32.1 Å². The van der Waals surface area contributed by atoms with E-state index in [9.17, 15) is 9.90 Å². The van der Waals surface area contributed by atoms with E-state index in [2.05, 4.69) is 31.5 Å². The van der Waals surface area contributed by atoms with Crippen LogP contribution >= 0.6 is 0 Å². The molecule has 0 unspecified atom stereocenters. The van der Waals surface area contributed by atoms with Gasteiger partial charge in [0.2, 0.25) is 0 Å². The van der Waals surface area contributed by atoms with Gasteiger partial charge >= 0.3 is 5.97 Å². The van der Waals surface area contributed by atoms with Gasteiger partial charge in [0.05, 0.1) is 12.5 Å². The van der Waals surface area contributed by atoms with Gasteiger partial charge in [-0.15, -0.1) is 0 Å². The van der Waals surface area contributed by atoms with Crippen molar-refractivity contribution in [3.05, 3.63) is 18.1 Å². The number of ether oxygens (including phenoxy) is 1. The van der Waals surface area contributed by atoms with Crippen molar-refractivity contribution >= 4 is 22.8 Å². The summed E-state index contributed by atoms with van der Waals surface area (Å²) in [5.41, 5.74) is 0.596. The Morgan fingerprint density at radius 2 is 2.18 bits per heavy atom. The first kappa shape index (κ1) is 14.8. The van der Waals surface area contributed by atoms with Crippen LogP contribution in [0, 0.1) is 0 Å². The minimum absolute atomic E-state index is 0.330. The number of piperidine rings is 1. The number of hydrogen-bond acceptors (Lipinski definition) is 6. The van der Waals surface area contributed by atoms with Crippen LogP contribution < -0.4 is 4.90 Å². The van der Waals surface area contributed by atoms with Crippen molar-refractivity contribution in [1.82, 2.24) is 15.0 Å². The van der Waals surface area contributed by atoms with E-state index < -0.39 is 11.6 Å². The quantitative estimate of drug-likeness (QED) is 0.823. The number of carbonyl (C=O) groups is 1. The average molecular weight is 304 g/mol. The number of aliphatic hydroxyl groups is 1. The Labute approximate surface area is 128 Å². The third-order valence-electron chi connectivity index (χ3n) is 4.37. The highest BCUT2D eigenvalue weighted by molar-refractivity contribution is 5.91. The number of aryl methyl sites for hydroxylation is 1. The minimum Gasteiger partial charge on any atom is -0.467 e. The van der Waals surface area contributed by atoms with Crippen LogP contribution in [-0.4, -0.2) is 51.8 Å². The normalized spacial score (nSPS) is 17.7. The molecule has 1 saturated heterocycles. The van der Waals surface area contributed by atoms with E-state index >= 15 is 0 Å². The third-order valence-corrected chi connectivity index (χ3v) is 4.37. The van der Waals surface area contributed by atoms with Crippen LogP contribution in [0.2, 0.25) is 0 Å². The number of H-pyrrole nitrogens is 1. The van der Waals surface area contributed by atoms with Gasteiger partial charge in [-0.05, 0) is 12.0 Å². The first-order valence-electron chi connectivity index (χ1n) is 7.45. The van der Waals surface area contributed by atoms with Gasteiger partial charge in [-0.3, -0.25) is 0 Å². The fraction of sp³-hybridized carbons (Fsp3) is 0.533. The molecule has 0 radical (unpaired) electrons. The minimum atomic E-state index is -1.39. The van der Waals surface area contributed by atoms with Crippen LogP contribution in [0.1, 0.15) is 25.3 Å². The number of nitrogens with one attached hydrogen (secondary N) is 1. The monoisotopic (exact) mass is 304 g/mol. The van der Waals surface area contributed by atoms with E-state index in [-0.39, 0.29) is 0 Å². The molecule has 2 aromatic heterocycles. The molecule has 0 aromatic carbocycles. The molecular formula is C15H20N4O3. The molecule has 2 aromatic rings. The summed E-state index contributed by atoms with van der Waals surface area (Å²) >= 11 is 0. The number of anilines is 1. The molecule has 0 spiro atoms. The number of methoxy groups -OCH3 is 1. The van der Waals surface area contributed by atoms with Gasteiger partial charge in [-0.2, -0.15) is 0 Å². The zero-order valence-corrected chi connectivity index (χ0v) is 12.8. The van der Waals surface area contributed by atoms with Crippen molar-refractivity contribution in [1.29, 1.82) is 0 Å². The predicted octanol–water partition coefficient (Wildman–Crippen LogP) is 1.02. The highest BCUT2D eigenvalue weighted by atomic mass is 16.5. The summed E-state index contributed by atoms with van der Waals surface area (Å²) in [5, 5.41) is 11.4. The second-order valence-corrected chi connectivity index (χ2v) is 5.60. The van der Waals surface area contributed by atoms with Gasteiger partial charge in [0.25, 0.3) is 0 Å². The molecule has 1 aliphatic heterocycles.